The first-order chi connectivity index (χ1) is 14.6. The number of hydrogen-bond acceptors (Lipinski definition) is 8. The number of aliphatic hydroxyl groups is 1. The van der Waals surface area contributed by atoms with Crippen LogP contribution < -0.4 is 5.32 Å². The highest BCUT2D eigenvalue weighted by Crippen LogP contribution is 2.41. The maximum absolute atomic E-state index is 10.8. The number of phenolic OH excluding ortho intramolecular Hbond substituents is 1. The van der Waals surface area contributed by atoms with E-state index in [1.165, 1.54) is 11.3 Å². The Labute approximate surface area is 178 Å². The molecule has 0 aliphatic carbocycles. The normalized spacial score (nSPS) is 17.7. The fourth-order valence-electron chi connectivity index (χ4n) is 4.27. The van der Waals surface area contributed by atoms with Crippen LogP contribution in [0.25, 0.3) is 32.6 Å². The summed E-state index contributed by atoms with van der Waals surface area (Å²) in [6, 6.07) is 8.49. The summed E-state index contributed by atoms with van der Waals surface area (Å²) in [7, 11) is 0. The fraction of sp³-hybridized carbons (Fsp3) is 0.364. The molecule has 0 bridgehead atoms. The molecular weight excluding hydrogens is 400 g/mol. The monoisotopic (exact) mass is 424 g/mol. The molecule has 0 amide bonds. The summed E-state index contributed by atoms with van der Waals surface area (Å²) in [5.74, 6) is 0.264. The van der Waals surface area contributed by atoms with E-state index in [1.54, 1.807) is 0 Å². The predicted octanol–water partition coefficient (Wildman–Crippen LogP) is 3.99. The predicted molar refractivity (Wildman–Crippen MR) is 119 cm³/mol. The Kier molecular flexibility index (Phi) is 5.06. The van der Waals surface area contributed by atoms with Gasteiger partial charge in [-0.15, -0.1) is 11.3 Å². The second-order valence-corrected chi connectivity index (χ2v) is 8.72. The number of fused-ring (bicyclic) bond motifs is 2. The highest BCUT2D eigenvalue weighted by molar-refractivity contribution is 7.17. The van der Waals surface area contributed by atoms with Gasteiger partial charge in [0.05, 0.1) is 17.0 Å². The van der Waals surface area contributed by atoms with Crippen molar-refractivity contribution >= 4 is 38.7 Å². The lowest BCUT2D eigenvalue weighted by molar-refractivity contribution is 0.166. The number of piperidine rings is 1. The lowest BCUT2D eigenvalue weighted by Crippen LogP contribution is -2.43. The third kappa shape index (κ3) is 3.51. The van der Waals surface area contributed by atoms with Crippen molar-refractivity contribution in [1.82, 2.24) is 14.9 Å². The first kappa shape index (κ1) is 19.3. The molecule has 1 aliphatic heterocycles. The van der Waals surface area contributed by atoms with Crippen LogP contribution >= 0.6 is 11.3 Å². The zero-order chi connectivity index (χ0) is 20.7. The minimum Gasteiger partial charge on any atom is -0.506 e. The van der Waals surface area contributed by atoms with Gasteiger partial charge in [0.15, 0.2) is 5.58 Å². The molecular formula is C22H24N4O3S. The molecule has 0 unspecified atom stereocenters. The molecule has 0 saturated carbocycles. The number of phenols is 1. The van der Waals surface area contributed by atoms with Crippen molar-refractivity contribution in [1.29, 1.82) is 0 Å². The van der Waals surface area contributed by atoms with Crippen molar-refractivity contribution in [3.8, 4) is 17.0 Å². The zero-order valence-corrected chi connectivity index (χ0v) is 17.6. The number of aromatic nitrogens is 2. The van der Waals surface area contributed by atoms with Crippen molar-refractivity contribution in [3.05, 3.63) is 35.2 Å². The van der Waals surface area contributed by atoms with E-state index in [0.717, 1.165) is 47.1 Å². The number of β-amino-alcohol motifs (C(OH)–C–C–N with tert-alkyl or cyclic N) is 1. The van der Waals surface area contributed by atoms with Crippen LogP contribution in [0.1, 0.15) is 18.4 Å². The number of oxazole rings is 1. The maximum Gasteiger partial charge on any atom is 0.297 e. The van der Waals surface area contributed by atoms with Crippen molar-refractivity contribution in [2.75, 3.05) is 31.6 Å². The third-order valence-corrected chi connectivity index (χ3v) is 6.61. The van der Waals surface area contributed by atoms with Gasteiger partial charge in [-0.25, -0.2) is 4.98 Å². The molecule has 1 saturated heterocycles. The molecule has 0 radical (unpaired) electrons. The average molecular weight is 425 g/mol. The van der Waals surface area contributed by atoms with Gasteiger partial charge in [0.25, 0.3) is 6.01 Å². The highest BCUT2D eigenvalue weighted by atomic mass is 32.1. The first-order valence-corrected chi connectivity index (χ1v) is 11.1. The Morgan fingerprint density at radius 2 is 2.20 bits per heavy atom. The molecule has 3 N–H and O–H groups in total. The van der Waals surface area contributed by atoms with E-state index in [0.29, 0.717) is 29.5 Å². The Balaban J connectivity index is 1.43. The fourth-order valence-corrected chi connectivity index (χ4v) is 5.09. The smallest absolute Gasteiger partial charge is 0.297 e. The first-order valence-electron chi connectivity index (χ1n) is 10.2. The van der Waals surface area contributed by atoms with Gasteiger partial charge in [-0.2, -0.15) is 4.98 Å². The number of thiophene rings is 1. The van der Waals surface area contributed by atoms with Crippen LogP contribution in [0.3, 0.4) is 0 Å². The Hall–Kier alpha value is -2.68. The number of nitrogens with one attached hydrogen (secondary N) is 1. The minimum atomic E-state index is 0.172. The number of aryl methyl sites for hydroxylation is 1. The van der Waals surface area contributed by atoms with Crippen LogP contribution in [-0.2, 0) is 0 Å². The molecule has 4 aromatic rings. The molecule has 4 heterocycles. The largest absolute Gasteiger partial charge is 0.506 e. The zero-order valence-electron chi connectivity index (χ0n) is 16.8. The van der Waals surface area contributed by atoms with Crippen LogP contribution in [0.4, 0.5) is 6.01 Å². The van der Waals surface area contributed by atoms with E-state index in [-0.39, 0.29) is 18.4 Å². The van der Waals surface area contributed by atoms with Crippen LogP contribution in [0.2, 0.25) is 0 Å². The van der Waals surface area contributed by atoms with E-state index in [4.69, 9.17) is 4.42 Å². The molecule has 5 rings (SSSR count). The van der Waals surface area contributed by atoms with E-state index in [1.807, 2.05) is 30.5 Å². The number of nitrogens with zero attached hydrogens (tertiary/aromatic N) is 3. The summed E-state index contributed by atoms with van der Waals surface area (Å²) in [4.78, 5) is 11.5. The van der Waals surface area contributed by atoms with Gasteiger partial charge in [-0.05, 0) is 66.9 Å². The van der Waals surface area contributed by atoms with Gasteiger partial charge in [-0.1, -0.05) is 0 Å². The van der Waals surface area contributed by atoms with Crippen molar-refractivity contribution < 1.29 is 14.6 Å². The van der Waals surface area contributed by atoms with Gasteiger partial charge in [0, 0.05) is 24.7 Å². The molecule has 1 atom stereocenters. The number of benzene rings is 1. The topological polar surface area (TPSA) is 94.7 Å². The summed E-state index contributed by atoms with van der Waals surface area (Å²) in [5, 5.41) is 26.4. The molecule has 0 spiro atoms. The van der Waals surface area contributed by atoms with Crippen LogP contribution in [0, 0.1) is 6.92 Å². The quantitative estimate of drug-likeness (QED) is 0.446. The van der Waals surface area contributed by atoms with Crippen LogP contribution in [0.15, 0.2) is 34.1 Å². The van der Waals surface area contributed by atoms with E-state index in [9.17, 15) is 10.2 Å². The lowest BCUT2D eigenvalue weighted by atomic mass is 10.0. The van der Waals surface area contributed by atoms with Crippen molar-refractivity contribution in [3.63, 3.8) is 0 Å². The number of anilines is 1. The molecule has 7 nitrogen and oxygen atoms in total. The summed E-state index contributed by atoms with van der Waals surface area (Å²) in [5.41, 5.74) is 3.51. The van der Waals surface area contributed by atoms with Crippen molar-refractivity contribution in [2.45, 2.75) is 25.8 Å². The molecule has 1 fully saturated rings. The number of pyridine rings is 1. The minimum absolute atomic E-state index is 0.172. The number of hydrogen-bond donors (Lipinski definition) is 3. The number of aliphatic hydroxyl groups excluding tert-OH is 1. The summed E-state index contributed by atoms with van der Waals surface area (Å²) >= 11 is 1.52. The lowest BCUT2D eigenvalue weighted by Gasteiger charge is -2.32. The van der Waals surface area contributed by atoms with E-state index in [2.05, 4.69) is 26.3 Å². The highest BCUT2D eigenvalue weighted by Gasteiger charge is 2.22. The number of likely N-dealkylation sites (tertiary alicyclic amines) is 1. The molecule has 3 aromatic heterocycles. The van der Waals surface area contributed by atoms with Crippen LogP contribution in [0.5, 0.6) is 5.75 Å². The number of aromatic hydroxyl groups is 1. The Bertz CT molecular complexity index is 1200. The maximum atomic E-state index is 10.8. The Morgan fingerprint density at radius 3 is 3.07 bits per heavy atom. The Morgan fingerprint density at radius 1 is 1.30 bits per heavy atom. The molecule has 30 heavy (non-hydrogen) atoms. The standard InChI is InChI=1S/C22H24N4O3S/c1-13-11-14-6-10-30-20(14)19(28)18(13)16-4-5-17-21(24-16)25-22(29-17)23-15-3-2-7-26(12-15)8-9-27/h4-6,10-11,15,27-28H,2-3,7-9,12H2,1H3,(H,23,24,25)/t15-/m1/s1. The van der Waals surface area contributed by atoms with Gasteiger partial charge in [-0.3, -0.25) is 4.90 Å². The van der Waals surface area contributed by atoms with Gasteiger partial charge in [0.2, 0.25) is 5.65 Å². The van der Waals surface area contributed by atoms with E-state index >= 15 is 0 Å². The molecule has 1 aromatic carbocycles. The average Bonchev–Trinajstić information content (AvgIpc) is 3.34. The third-order valence-electron chi connectivity index (χ3n) is 5.67. The van der Waals surface area contributed by atoms with E-state index < -0.39 is 0 Å². The molecule has 1 aliphatic rings. The van der Waals surface area contributed by atoms with Crippen LogP contribution in [-0.4, -0.2) is 57.4 Å². The molecule has 156 valence electrons. The summed E-state index contributed by atoms with van der Waals surface area (Å²) in [6.07, 6.45) is 2.11. The second-order valence-electron chi connectivity index (χ2n) is 7.80. The SMILES string of the molecule is Cc1cc2ccsc2c(O)c1-c1ccc2oc(N[C@@H]3CCCN(CCO)C3)nc2n1. The van der Waals surface area contributed by atoms with Gasteiger partial charge < -0.3 is 19.9 Å². The summed E-state index contributed by atoms with van der Waals surface area (Å²) in [6.45, 7) is 4.70. The molecule has 8 heteroatoms. The van der Waals surface area contributed by atoms with Crippen molar-refractivity contribution in [2.24, 2.45) is 0 Å². The number of rotatable bonds is 5. The van der Waals surface area contributed by atoms with Gasteiger partial charge >= 0.3 is 0 Å². The summed E-state index contributed by atoms with van der Waals surface area (Å²) < 4.78 is 6.73. The second kappa shape index (κ2) is 7.86. The van der Waals surface area contributed by atoms with Gasteiger partial charge in [0.1, 0.15) is 5.75 Å².